The maximum absolute atomic E-state index is 5.00. The van der Waals surface area contributed by atoms with Crippen LogP contribution in [0.1, 0.15) is 73.9 Å². The van der Waals surface area contributed by atoms with Crippen molar-refractivity contribution >= 4 is 10.8 Å². The van der Waals surface area contributed by atoms with Gasteiger partial charge in [0.1, 0.15) is 0 Å². The molecule has 8 rings (SSSR count). The number of benzene rings is 5. The van der Waals surface area contributed by atoms with Crippen LogP contribution in [0.4, 0.5) is 0 Å². The summed E-state index contributed by atoms with van der Waals surface area (Å²) >= 11 is 0. The Morgan fingerprint density at radius 3 is 1.66 bits per heavy atom. The highest BCUT2D eigenvalue weighted by molar-refractivity contribution is 5.96. The first kappa shape index (κ1) is 27.1. The largest absolute Gasteiger partial charge is 0.256 e. The Morgan fingerprint density at radius 1 is 0.500 bits per heavy atom. The van der Waals surface area contributed by atoms with Gasteiger partial charge in [-0.3, -0.25) is 4.98 Å². The van der Waals surface area contributed by atoms with Crippen molar-refractivity contribution in [3.8, 4) is 33.5 Å². The lowest BCUT2D eigenvalue weighted by Crippen LogP contribution is -2.36. The number of aryl methyl sites for hydroxylation is 2. The van der Waals surface area contributed by atoms with E-state index in [9.17, 15) is 0 Å². The quantitative estimate of drug-likeness (QED) is 0.207. The van der Waals surface area contributed by atoms with Crippen LogP contribution in [-0.2, 0) is 23.7 Å². The summed E-state index contributed by atoms with van der Waals surface area (Å²) in [6.45, 7) is 9.62. The molecule has 0 bridgehead atoms. The van der Waals surface area contributed by atoms with Crippen LogP contribution in [0.2, 0.25) is 0 Å². The summed E-state index contributed by atoms with van der Waals surface area (Å²) in [5.74, 6) is 0. The number of aromatic nitrogens is 1. The van der Waals surface area contributed by atoms with Gasteiger partial charge in [-0.1, -0.05) is 107 Å². The van der Waals surface area contributed by atoms with E-state index < -0.39 is 0 Å². The molecule has 0 N–H and O–H groups in total. The van der Waals surface area contributed by atoms with Gasteiger partial charge in [0.15, 0.2) is 0 Å². The minimum absolute atomic E-state index is 0.150. The van der Waals surface area contributed by atoms with E-state index in [1.54, 1.807) is 0 Å². The Kier molecular flexibility index (Phi) is 6.17. The van der Waals surface area contributed by atoms with Gasteiger partial charge in [-0.05, 0) is 117 Å². The molecule has 0 radical (unpaired) electrons. The van der Waals surface area contributed by atoms with Crippen LogP contribution in [0.5, 0.6) is 0 Å². The third-order valence-corrected chi connectivity index (χ3v) is 10.5. The van der Waals surface area contributed by atoms with Crippen LogP contribution in [-0.4, -0.2) is 4.98 Å². The first-order chi connectivity index (χ1) is 21.3. The van der Waals surface area contributed by atoms with Crippen LogP contribution < -0.4 is 0 Å². The zero-order chi connectivity index (χ0) is 30.1. The molecule has 2 aliphatic rings. The normalized spacial score (nSPS) is 16.2. The lowest BCUT2D eigenvalue weighted by atomic mass is 9.59. The van der Waals surface area contributed by atoms with Crippen LogP contribution in [0, 0.1) is 0 Å². The molecular weight excluding hydrogens is 530 g/mol. The molecule has 0 aliphatic heterocycles. The van der Waals surface area contributed by atoms with Crippen LogP contribution in [0.3, 0.4) is 0 Å². The summed E-state index contributed by atoms with van der Waals surface area (Å²) in [6.07, 6.45) is 6.95. The Labute approximate surface area is 261 Å². The number of fused-ring (bicyclic) bond motifs is 4. The smallest absolute Gasteiger partial charge is 0.0780 e. The topological polar surface area (TPSA) is 12.9 Å². The molecule has 0 spiro atoms. The second kappa shape index (κ2) is 10.0. The highest BCUT2D eigenvalue weighted by Crippen LogP contribution is 2.53. The first-order valence-corrected chi connectivity index (χ1v) is 16.2. The second-order valence-corrected chi connectivity index (χ2v) is 13.9. The highest BCUT2D eigenvalue weighted by atomic mass is 14.7. The minimum Gasteiger partial charge on any atom is -0.256 e. The van der Waals surface area contributed by atoms with Gasteiger partial charge in [0.25, 0.3) is 0 Å². The first-order valence-electron chi connectivity index (χ1n) is 16.2. The fourth-order valence-corrected chi connectivity index (χ4v) is 8.03. The average molecular weight is 570 g/mol. The Hall–Kier alpha value is -4.49. The lowest BCUT2D eigenvalue weighted by Gasteiger charge is -2.44. The average Bonchev–Trinajstić information content (AvgIpc) is 3.06. The van der Waals surface area contributed by atoms with E-state index in [-0.39, 0.29) is 10.8 Å². The lowest BCUT2D eigenvalue weighted by molar-refractivity contribution is 0.521. The van der Waals surface area contributed by atoms with Gasteiger partial charge < -0.3 is 0 Å². The predicted octanol–water partition coefficient (Wildman–Crippen LogP) is 11.1. The van der Waals surface area contributed by atoms with Crippen molar-refractivity contribution in [2.45, 2.75) is 64.2 Å². The third kappa shape index (κ3) is 4.17. The third-order valence-electron chi connectivity index (χ3n) is 10.5. The van der Waals surface area contributed by atoms with E-state index in [1.807, 2.05) is 6.20 Å². The summed E-state index contributed by atoms with van der Waals surface area (Å²) in [4.78, 5) is 5.00. The van der Waals surface area contributed by atoms with E-state index in [0.717, 1.165) is 5.69 Å². The van der Waals surface area contributed by atoms with Crippen molar-refractivity contribution in [2.75, 3.05) is 0 Å². The predicted molar refractivity (Wildman–Crippen MR) is 185 cm³/mol. The molecule has 6 aromatic rings. The molecule has 1 heterocycles. The van der Waals surface area contributed by atoms with E-state index in [4.69, 9.17) is 4.98 Å². The standard InChI is InChI=1S/C43H39N/c1-42(2)37-20-19-33(41-36-24-31-18-12-11-17-30(31)23-32(36)21-22-44-41)25-38(37)43(3,4)40-27-35(29-15-9-6-10-16-29)34(26-39(40)42)28-13-7-5-8-14-28/h5-10,13-16,19-27H,11-12,17-18H2,1-4H3. The summed E-state index contributed by atoms with van der Waals surface area (Å²) in [7, 11) is 0. The van der Waals surface area contributed by atoms with Crippen LogP contribution in [0.15, 0.2) is 115 Å². The molecule has 0 saturated heterocycles. The van der Waals surface area contributed by atoms with Crippen molar-refractivity contribution in [1.29, 1.82) is 0 Å². The second-order valence-electron chi connectivity index (χ2n) is 13.9. The Morgan fingerprint density at radius 2 is 1.05 bits per heavy atom. The molecule has 1 nitrogen and oxygen atoms in total. The van der Waals surface area contributed by atoms with Gasteiger partial charge in [0.2, 0.25) is 0 Å². The minimum atomic E-state index is -0.182. The van der Waals surface area contributed by atoms with Crippen molar-refractivity contribution in [2.24, 2.45) is 0 Å². The molecule has 0 unspecified atom stereocenters. The van der Waals surface area contributed by atoms with E-state index in [0.29, 0.717) is 0 Å². The number of nitrogens with zero attached hydrogens (tertiary/aromatic N) is 1. The van der Waals surface area contributed by atoms with Crippen LogP contribution in [0.25, 0.3) is 44.3 Å². The number of hydrogen-bond acceptors (Lipinski definition) is 1. The van der Waals surface area contributed by atoms with Crippen molar-refractivity contribution in [1.82, 2.24) is 4.98 Å². The molecular formula is C43H39N. The van der Waals surface area contributed by atoms with Gasteiger partial charge in [-0.2, -0.15) is 0 Å². The molecule has 44 heavy (non-hydrogen) atoms. The molecule has 0 atom stereocenters. The molecule has 0 fully saturated rings. The molecule has 1 heteroatoms. The molecule has 216 valence electrons. The number of hydrogen-bond donors (Lipinski definition) is 0. The summed E-state index contributed by atoms with van der Waals surface area (Å²) in [6, 6.07) is 40.9. The molecule has 0 amide bonds. The fraction of sp³-hybridized carbons (Fsp3) is 0.233. The van der Waals surface area contributed by atoms with Gasteiger partial charge in [0.05, 0.1) is 5.69 Å². The van der Waals surface area contributed by atoms with Crippen LogP contribution >= 0.6 is 0 Å². The van der Waals surface area contributed by atoms with Crippen molar-refractivity contribution in [3.63, 3.8) is 0 Å². The van der Waals surface area contributed by atoms with E-state index in [1.165, 1.54) is 97.7 Å². The maximum Gasteiger partial charge on any atom is 0.0780 e. The molecule has 2 aliphatic carbocycles. The summed E-state index contributed by atoms with van der Waals surface area (Å²) < 4.78 is 0. The Balaban J connectivity index is 1.33. The van der Waals surface area contributed by atoms with Gasteiger partial charge in [-0.15, -0.1) is 0 Å². The highest BCUT2D eigenvalue weighted by Gasteiger charge is 2.42. The van der Waals surface area contributed by atoms with Crippen molar-refractivity contribution in [3.05, 3.63) is 149 Å². The monoisotopic (exact) mass is 569 g/mol. The zero-order valence-corrected chi connectivity index (χ0v) is 26.2. The van der Waals surface area contributed by atoms with E-state index in [2.05, 4.69) is 137 Å². The fourth-order valence-electron chi connectivity index (χ4n) is 8.03. The molecule has 0 saturated carbocycles. The van der Waals surface area contributed by atoms with Gasteiger partial charge >= 0.3 is 0 Å². The summed E-state index contributed by atoms with van der Waals surface area (Å²) in [5, 5.41) is 2.58. The zero-order valence-electron chi connectivity index (χ0n) is 26.2. The van der Waals surface area contributed by atoms with Crippen molar-refractivity contribution < 1.29 is 0 Å². The Bertz CT molecular complexity index is 2050. The van der Waals surface area contributed by atoms with Gasteiger partial charge in [-0.25, -0.2) is 0 Å². The molecule has 1 aromatic heterocycles. The number of rotatable bonds is 3. The SMILES string of the molecule is CC1(C)c2ccc(-c3nccc4cc5c(cc34)CCCC5)cc2C(C)(C)c2cc(-c3ccccc3)c(-c3ccccc3)cc21. The summed E-state index contributed by atoms with van der Waals surface area (Å²) in [5.41, 5.74) is 15.7. The van der Waals surface area contributed by atoms with Gasteiger partial charge in [0, 0.05) is 28.0 Å². The van der Waals surface area contributed by atoms with E-state index >= 15 is 0 Å². The maximum atomic E-state index is 5.00. The molecule has 5 aromatic carbocycles. The number of pyridine rings is 1.